The molecule has 0 aliphatic carbocycles. The molecular weight excluding hydrogens is 364 g/mol. The van der Waals surface area contributed by atoms with Crippen molar-refractivity contribution in [2.75, 3.05) is 31.6 Å². The molecule has 1 unspecified atom stereocenters. The van der Waals surface area contributed by atoms with Crippen molar-refractivity contribution in [2.45, 2.75) is 45.1 Å². The summed E-state index contributed by atoms with van der Waals surface area (Å²) in [6.45, 7) is 4.99. The minimum atomic E-state index is 0.00817. The third-order valence-corrected chi connectivity index (χ3v) is 5.85. The van der Waals surface area contributed by atoms with Gasteiger partial charge in [0.05, 0.1) is 6.10 Å². The van der Waals surface area contributed by atoms with Gasteiger partial charge in [-0.25, -0.2) is 9.97 Å². The van der Waals surface area contributed by atoms with E-state index in [0.717, 1.165) is 57.5 Å². The molecule has 2 aliphatic rings. The monoisotopic (exact) mass is 394 g/mol. The Morgan fingerprint density at radius 3 is 2.69 bits per heavy atom. The summed E-state index contributed by atoms with van der Waals surface area (Å²) in [7, 11) is 0. The Bertz CT molecular complexity index is 813. The van der Waals surface area contributed by atoms with Crippen LogP contribution in [-0.4, -0.2) is 53.1 Å². The van der Waals surface area contributed by atoms with E-state index >= 15 is 0 Å². The first-order valence-corrected chi connectivity index (χ1v) is 10.7. The minimum Gasteiger partial charge on any atom is -0.376 e. The van der Waals surface area contributed by atoms with Gasteiger partial charge >= 0.3 is 0 Å². The summed E-state index contributed by atoms with van der Waals surface area (Å²) in [5.41, 5.74) is 2.66. The molecule has 3 heterocycles. The largest absolute Gasteiger partial charge is 0.376 e. The van der Waals surface area contributed by atoms with Gasteiger partial charge in [0.2, 0.25) is 5.95 Å². The van der Waals surface area contributed by atoms with Crippen LogP contribution in [0.25, 0.3) is 0 Å². The van der Waals surface area contributed by atoms with Crippen molar-refractivity contribution in [1.29, 1.82) is 0 Å². The molecule has 1 aromatic heterocycles. The number of amides is 1. The Morgan fingerprint density at radius 1 is 1.17 bits per heavy atom. The van der Waals surface area contributed by atoms with E-state index in [-0.39, 0.29) is 12.0 Å². The maximum absolute atomic E-state index is 13.0. The van der Waals surface area contributed by atoms with Crippen molar-refractivity contribution in [2.24, 2.45) is 5.92 Å². The first-order chi connectivity index (χ1) is 14.2. The lowest BCUT2D eigenvalue weighted by Crippen LogP contribution is -2.39. The summed E-state index contributed by atoms with van der Waals surface area (Å²) in [5.74, 6) is 1.16. The second-order valence-electron chi connectivity index (χ2n) is 8.16. The number of likely N-dealkylation sites (tertiary alicyclic amines) is 1. The Balaban J connectivity index is 1.33. The van der Waals surface area contributed by atoms with Gasteiger partial charge < -0.3 is 15.0 Å². The smallest absolute Gasteiger partial charge is 0.272 e. The van der Waals surface area contributed by atoms with Gasteiger partial charge in [-0.05, 0) is 56.6 Å². The molecule has 4 rings (SSSR count). The predicted octanol–water partition coefficient (Wildman–Crippen LogP) is 3.47. The molecule has 1 atom stereocenters. The van der Waals surface area contributed by atoms with Crippen LogP contribution in [0.2, 0.25) is 0 Å². The van der Waals surface area contributed by atoms with E-state index in [9.17, 15) is 4.79 Å². The number of anilines is 1. The highest BCUT2D eigenvalue weighted by Gasteiger charge is 2.25. The topological polar surface area (TPSA) is 67.4 Å². The lowest BCUT2D eigenvalue weighted by Gasteiger charge is -2.32. The number of rotatable bonds is 6. The van der Waals surface area contributed by atoms with Crippen LogP contribution in [0.5, 0.6) is 0 Å². The molecule has 154 valence electrons. The fraction of sp³-hybridized carbons (Fsp3) is 0.522. The standard InChI is InChI=1S/C23H30N4O2/c1-17-14-21(26-23(25-17)24-16-20-8-5-13-29-20)22(28)27-11-9-19(10-12-27)15-18-6-3-2-4-7-18/h2-4,6-7,14,19-20H,5,8-13,15-16H2,1H3,(H,24,25,26). The first-order valence-electron chi connectivity index (χ1n) is 10.7. The van der Waals surface area contributed by atoms with E-state index in [2.05, 4.69) is 45.6 Å². The van der Waals surface area contributed by atoms with Crippen molar-refractivity contribution in [3.63, 3.8) is 0 Å². The number of hydrogen-bond donors (Lipinski definition) is 1. The molecule has 0 spiro atoms. The molecule has 29 heavy (non-hydrogen) atoms. The van der Waals surface area contributed by atoms with Gasteiger partial charge in [0, 0.05) is 31.9 Å². The van der Waals surface area contributed by atoms with E-state index in [4.69, 9.17) is 4.74 Å². The highest BCUT2D eigenvalue weighted by atomic mass is 16.5. The van der Waals surface area contributed by atoms with E-state index in [0.29, 0.717) is 24.1 Å². The Morgan fingerprint density at radius 2 is 1.97 bits per heavy atom. The second-order valence-corrected chi connectivity index (χ2v) is 8.16. The summed E-state index contributed by atoms with van der Waals surface area (Å²) in [4.78, 5) is 23.9. The average molecular weight is 395 g/mol. The van der Waals surface area contributed by atoms with Crippen LogP contribution in [0.4, 0.5) is 5.95 Å². The Kier molecular flexibility index (Phi) is 6.39. The molecule has 2 saturated heterocycles. The molecule has 0 radical (unpaired) electrons. The van der Waals surface area contributed by atoms with Crippen molar-refractivity contribution in [3.05, 3.63) is 53.3 Å². The van der Waals surface area contributed by atoms with Crippen LogP contribution in [-0.2, 0) is 11.2 Å². The van der Waals surface area contributed by atoms with Crippen molar-refractivity contribution in [1.82, 2.24) is 14.9 Å². The second kappa shape index (κ2) is 9.35. The lowest BCUT2D eigenvalue weighted by molar-refractivity contribution is 0.0684. The Labute approximate surface area is 172 Å². The number of piperidine rings is 1. The van der Waals surface area contributed by atoms with Crippen LogP contribution in [0.3, 0.4) is 0 Å². The normalized spacial score (nSPS) is 20.0. The highest BCUT2D eigenvalue weighted by Crippen LogP contribution is 2.23. The van der Waals surface area contributed by atoms with E-state index in [1.165, 1.54) is 5.56 Å². The third kappa shape index (κ3) is 5.32. The van der Waals surface area contributed by atoms with Gasteiger partial charge in [0.15, 0.2) is 0 Å². The number of nitrogens with one attached hydrogen (secondary N) is 1. The lowest BCUT2D eigenvalue weighted by atomic mass is 9.90. The predicted molar refractivity (Wildman–Crippen MR) is 113 cm³/mol. The summed E-state index contributed by atoms with van der Waals surface area (Å²) < 4.78 is 5.64. The molecule has 6 heteroatoms. The van der Waals surface area contributed by atoms with E-state index in [1.807, 2.05) is 11.8 Å². The maximum Gasteiger partial charge on any atom is 0.272 e. The molecule has 6 nitrogen and oxygen atoms in total. The number of nitrogens with zero attached hydrogens (tertiary/aromatic N) is 3. The van der Waals surface area contributed by atoms with Gasteiger partial charge in [0.1, 0.15) is 5.69 Å². The number of aryl methyl sites for hydroxylation is 1. The first kappa shape index (κ1) is 19.8. The molecule has 2 aromatic rings. The van der Waals surface area contributed by atoms with Gasteiger partial charge in [-0.15, -0.1) is 0 Å². The summed E-state index contributed by atoms with van der Waals surface area (Å²) in [5, 5.41) is 3.24. The Hall–Kier alpha value is -2.47. The summed E-state index contributed by atoms with van der Waals surface area (Å²) in [6.07, 6.45) is 5.53. The fourth-order valence-corrected chi connectivity index (χ4v) is 4.22. The zero-order chi connectivity index (χ0) is 20.1. The highest BCUT2D eigenvalue weighted by molar-refractivity contribution is 5.92. The zero-order valence-electron chi connectivity index (χ0n) is 17.1. The summed E-state index contributed by atoms with van der Waals surface area (Å²) >= 11 is 0. The van der Waals surface area contributed by atoms with Crippen LogP contribution in [0.15, 0.2) is 36.4 Å². The summed E-state index contributed by atoms with van der Waals surface area (Å²) in [6, 6.07) is 12.4. The molecule has 2 fully saturated rings. The van der Waals surface area contributed by atoms with Crippen LogP contribution in [0.1, 0.15) is 47.4 Å². The minimum absolute atomic E-state index is 0.00817. The van der Waals surface area contributed by atoms with E-state index < -0.39 is 0 Å². The van der Waals surface area contributed by atoms with Crippen molar-refractivity contribution >= 4 is 11.9 Å². The molecular formula is C23H30N4O2. The quantitative estimate of drug-likeness (QED) is 0.813. The van der Waals surface area contributed by atoms with Crippen LogP contribution >= 0.6 is 0 Å². The molecule has 1 amide bonds. The number of carbonyl (C=O) groups excluding carboxylic acids is 1. The molecule has 2 aliphatic heterocycles. The number of carbonyl (C=O) groups is 1. The molecule has 0 saturated carbocycles. The van der Waals surface area contributed by atoms with Gasteiger partial charge in [-0.2, -0.15) is 0 Å². The van der Waals surface area contributed by atoms with Gasteiger partial charge in [-0.1, -0.05) is 30.3 Å². The number of benzene rings is 1. The number of ether oxygens (including phenoxy) is 1. The number of aromatic nitrogens is 2. The fourth-order valence-electron chi connectivity index (χ4n) is 4.22. The number of hydrogen-bond acceptors (Lipinski definition) is 5. The van der Waals surface area contributed by atoms with Gasteiger partial charge in [0.25, 0.3) is 5.91 Å². The molecule has 1 aromatic carbocycles. The van der Waals surface area contributed by atoms with Crippen LogP contribution in [0, 0.1) is 12.8 Å². The van der Waals surface area contributed by atoms with Crippen LogP contribution < -0.4 is 5.32 Å². The van der Waals surface area contributed by atoms with Crippen molar-refractivity contribution in [3.8, 4) is 0 Å². The molecule has 1 N–H and O–H groups in total. The van der Waals surface area contributed by atoms with Crippen molar-refractivity contribution < 1.29 is 9.53 Å². The molecule has 0 bridgehead atoms. The average Bonchev–Trinajstić information content (AvgIpc) is 3.26. The maximum atomic E-state index is 13.0. The SMILES string of the molecule is Cc1cc(C(=O)N2CCC(Cc3ccccc3)CC2)nc(NCC2CCCO2)n1. The third-order valence-electron chi connectivity index (χ3n) is 5.85. The van der Waals surface area contributed by atoms with E-state index in [1.54, 1.807) is 6.07 Å². The van der Waals surface area contributed by atoms with Gasteiger partial charge in [-0.3, -0.25) is 4.79 Å². The zero-order valence-corrected chi connectivity index (χ0v) is 17.1.